The second kappa shape index (κ2) is 6.77. The van der Waals surface area contributed by atoms with Gasteiger partial charge in [0.05, 0.1) is 6.61 Å². The van der Waals surface area contributed by atoms with E-state index in [2.05, 4.69) is 0 Å². The molecule has 1 aromatic rings. The molecule has 0 bridgehead atoms. The van der Waals surface area contributed by atoms with Gasteiger partial charge in [-0.1, -0.05) is 30.3 Å². The smallest absolute Gasteiger partial charge is 0.355 e. The SMILES string of the molecule is CCO[Si](OC)(OC)OCc1ccccc1. The summed E-state index contributed by atoms with van der Waals surface area (Å²) >= 11 is 0. The number of hydrogen-bond donors (Lipinski definition) is 0. The lowest BCUT2D eigenvalue weighted by molar-refractivity contribution is -0.0109. The predicted octanol–water partition coefficient (Wildman–Crippen LogP) is 1.97. The summed E-state index contributed by atoms with van der Waals surface area (Å²) in [5.41, 5.74) is 1.06. The highest BCUT2D eigenvalue weighted by Crippen LogP contribution is 2.12. The fraction of sp³-hybridized carbons (Fsp3) is 0.455. The highest BCUT2D eigenvalue weighted by Gasteiger charge is 2.43. The normalized spacial score (nSPS) is 11.7. The van der Waals surface area contributed by atoms with Gasteiger partial charge in [-0.15, -0.1) is 0 Å². The Balaban J connectivity index is 2.56. The Bertz CT molecular complexity index is 287. The Morgan fingerprint density at radius 3 is 2.12 bits per heavy atom. The summed E-state index contributed by atoms with van der Waals surface area (Å²) in [6, 6.07) is 9.85. The average molecular weight is 242 g/mol. The molecular formula is C11H18O4Si. The summed E-state index contributed by atoms with van der Waals surface area (Å²) in [4.78, 5) is 0. The molecule has 1 rings (SSSR count). The van der Waals surface area contributed by atoms with Crippen LogP contribution in [0.4, 0.5) is 0 Å². The summed E-state index contributed by atoms with van der Waals surface area (Å²) in [5, 5.41) is 0. The molecule has 16 heavy (non-hydrogen) atoms. The van der Waals surface area contributed by atoms with Crippen molar-refractivity contribution in [2.24, 2.45) is 0 Å². The van der Waals surface area contributed by atoms with Crippen molar-refractivity contribution in [3.05, 3.63) is 35.9 Å². The first-order valence-electron chi connectivity index (χ1n) is 5.18. The fourth-order valence-electron chi connectivity index (χ4n) is 1.28. The Hall–Kier alpha value is -0.723. The minimum absolute atomic E-state index is 0.425. The van der Waals surface area contributed by atoms with Gasteiger partial charge in [-0.3, -0.25) is 0 Å². The summed E-state index contributed by atoms with van der Waals surface area (Å²) in [7, 11) is 0.150. The second-order valence-electron chi connectivity index (χ2n) is 3.12. The van der Waals surface area contributed by atoms with Crippen LogP contribution in [0.15, 0.2) is 30.3 Å². The van der Waals surface area contributed by atoms with Crippen LogP contribution in [-0.2, 0) is 24.3 Å². The molecule has 90 valence electrons. The third kappa shape index (κ3) is 3.69. The van der Waals surface area contributed by atoms with Gasteiger partial charge in [0, 0.05) is 20.8 Å². The number of hydrogen-bond acceptors (Lipinski definition) is 4. The molecule has 0 aromatic heterocycles. The van der Waals surface area contributed by atoms with E-state index in [0.29, 0.717) is 13.2 Å². The van der Waals surface area contributed by atoms with Crippen molar-refractivity contribution in [3.63, 3.8) is 0 Å². The van der Waals surface area contributed by atoms with Gasteiger partial charge >= 0.3 is 9.05 Å². The van der Waals surface area contributed by atoms with Crippen molar-refractivity contribution < 1.29 is 17.7 Å². The average Bonchev–Trinajstić information content (AvgIpc) is 2.36. The maximum atomic E-state index is 5.63. The van der Waals surface area contributed by atoms with Crippen molar-refractivity contribution in [2.75, 3.05) is 20.8 Å². The van der Waals surface area contributed by atoms with Crippen LogP contribution in [0, 0.1) is 0 Å². The maximum absolute atomic E-state index is 5.63. The highest BCUT2D eigenvalue weighted by molar-refractivity contribution is 6.53. The van der Waals surface area contributed by atoms with Crippen molar-refractivity contribution in [1.82, 2.24) is 0 Å². The van der Waals surface area contributed by atoms with Gasteiger partial charge in [0.2, 0.25) is 0 Å². The highest BCUT2D eigenvalue weighted by atomic mass is 28.4. The largest absolute Gasteiger partial charge is 0.679 e. The molecule has 0 saturated heterocycles. The van der Waals surface area contributed by atoms with E-state index in [1.54, 1.807) is 0 Å². The van der Waals surface area contributed by atoms with E-state index in [0.717, 1.165) is 5.56 Å². The third-order valence-electron chi connectivity index (χ3n) is 2.08. The van der Waals surface area contributed by atoms with E-state index in [-0.39, 0.29) is 0 Å². The lowest BCUT2D eigenvalue weighted by atomic mass is 10.2. The van der Waals surface area contributed by atoms with Crippen molar-refractivity contribution in [2.45, 2.75) is 13.5 Å². The van der Waals surface area contributed by atoms with Crippen molar-refractivity contribution in [3.8, 4) is 0 Å². The third-order valence-corrected chi connectivity index (χ3v) is 4.22. The van der Waals surface area contributed by atoms with Crippen LogP contribution in [0.2, 0.25) is 0 Å². The first kappa shape index (κ1) is 13.3. The van der Waals surface area contributed by atoms with Crippen LogP contribution in [0.5, 0.6) is 0 Å². The van der Waals surface area contributed by atoms with Gasteiger partial charge in [0.15, 0.2) is 0 Å². The zero-order valence-corrected chi connectivity index (χ0v) is 10.9. The molecule has 0 amide bonds. The van der Waals surface area contributed by atoms with Crippen molar-refractivity contribution >= 4 is 9.05 Å². The molecule has 0 aliphatic rings. The van der Waals surface area contributed by atoms with E-state index in [4.69, 9.17) is 17.7 Å². The zero-order chi connectivity index (χ0) is 11.9. The van der Waals surface area contributed by atoms with Gasteiger partial charge in [-0.2, -0.15) is 0 Å². The lowest BCUT2D eigenvalue weighted by Gasteiger charge is -2.24. The first-order chi connectivity index (χ1) is 7.76. The Labute approximate surface area is 97.6 Å². The molecule has 0 aliphatic heterocycles. The summed E-state index contributed by atoms with van der Waals surface area (Å²) in [5.74, 6) is 0. The molecule has 5 heteroatoms. The van der Waals surface area contributed by atoms with E-state index < -0.39 is 9.05 Å². The molecule has 0 heterocycles. The van der Waals surface area contributed by atoms with Crippen LogP contribution in [-0.4, -0.2) is 29.9 Å². The molecule has 4 nitrogen and oxygen atoms in total. The fourth-order valence-corrected chi connectivity index (χ4v) is 2.70. The minimum Gasteiger partial charge on any atom is -0.355 e. The maximum Gasteiger partial charge on any atom is 0.679 e. The molecule has 0 aliphatic carbocycles. The molecule has 0 atom stereocenters. The van der Waals surface area contributed by atoms with Crippen LogP contribution in [0.3, 0.4) is 0 Å². The van der Waals surface area contributed by atoms with E-state index >= 15 is 0 Å². The first-order valence-corrected chi connectivity index (χ1v) is 6.81. The molecular weight excluding hydrogens is 224 g/mol. The molecule has 0 N–H and O–H groups in total. The van der Waals surface area contributed by atoms with Crippen molar-refractivity contribution in [1.29, 1.82) is 0 Å². The lowest BCUT2D eigenvalue weighted by Crippen LogP contribution is -2.47. The molecule has 0 spiro atoms. The second-order valence-corrected chi connectivity index (χ2v) is 5.51. The summed E-state index contributed by atoms with van der Waals surface area (Å²) in [6.07, 6.45) is 0. The van der Waals surface area contributed by atoms with Gasteiger partial charge < -0.3 is 17.7 Å². The van der Waals surface area contributed by atoms with Crippen LogP contribution < -0.4 is 0 Å². The molecule has 0 fully saturated rings. The monoisotopic (exact) mass is 242 g/mol. The topological polar surface area (TPSA) is 36.9 Å². The van der Waals surface area contributed by atoms with Crippen LogP contribution in [0.25, 0.3) is 0 Å². The van der Waals surface area contributed by atoms with E-state index in [9.17, 15) is 0 Å². The predicted molar refractivity (Wildman–Crippen MR) is 62.6 cm³/mol. The number of rotatable bonds is 7. The quantitative estimate of drug-likeness (QED) is 0.685. The van der Waals surface area contributed by atoms with E-state index in [1.807, 2.05) is 37.3 Å². The van der Waals surface area contributed by atoms with E-state index in [1.165, 1.54) is 14.2 Å². The Kier molecular flexibility index (Phi) is 5.65. The molecule has 0 saturated carbocycles. The standard InChI is InChI=1S/C11H18O4Si/c1-4-14-16(12-2,13-3)15-10-11-8-6-5-7-9-11/h5-9H,4,10H2,1-3H3. The summed E-state index contributed by atoms with van der Waals surface area (Å²) in [6.45, 7) is 2.81. The van der Waals surface area contributed by atoms with Gasteiger partial charge in [-0.05, 0) is 12.5 Å². The zero-order valence-electron chi connectivity index (χ0n) is 9.93. The van der Waals surface area contributed by atoms with Crippen LogP contribution >= 0.6 is 0 Å². The molecule has 0 radical (unpaired) electrons. The van der Waals surface area contributed by atoms with Gasteiger partial charge in [0.25, 0.3) is 0 Å². The van der Waals surface area contributed by atoms with Gasteiger partial charge in [-0.25, -0.2) is 0 Å². The molecule has 1 aromatic carbocycles. The number of benzene rings is 1. The Morgan fingerprint density at radius 2 is 1.62 bits per heavy atom. The minimum atomic E-state index is -2.93. The molecule has 0 unspecified atom stereocenters. The summed E-state index contributed by atoms with van der Waals surface area (Å²) < 4.78 is 21.5. The Morgan fingerprint density at radius 1 is 1.00 bits per heavy atom. The van der Waals surface area contributed by atoms with Crippen LogP contribution in [0.1, 0.15) is 12.5 Å². The van der Waals surface area contributed by atoms with Gasteiger partial charge in [0.1, 0.15) is 0 Å².